The van der Waals surface area contributed by atoms with Crippen LogP contribution in [0.4, 0.5) is 4.39 Å². The van der Waals surface area contributed by atoms with Gasteiger partial charge in [0, 0.05) is 5.56 Å². The Kier molecular flexibility index (Phi) is 2.32. The molecule has 0 radical (unpaired) electrons. The maximum absolute atomic E-state index is 13.1. The van der Waals surface area contributed by atoms with Crippen LogP contribution in [0.15, 0.2) is 33.5 Å². The Bertz CT molecular complexity index is 700. The van der Waals surface area contributed by atoms with Gasteiger partial charge >= 0.3 is 0 Å². The van der Waals surface area contributed by atoms with Gasteiger partial charge in [0.25, 0.3) is 0 Å². The van der Waals surface area contributed by atoms with E-state index in [1.54, 1.807) is 12.1 Å². The second-order valence-electron chi connectivity index (χ2n) is 3.30. The first-order chi connectivity index (χ1) is 8.24. The van der Waals surface area contributed by atoms with E-state index in [9.17, 15) is 4.39 Å². The van der Waals surface area contributed by atoms with Crippen LogP contribution in [-0.4, -0.2) is 20.3 Å². The molecule has 2 heterocycles. The van der Waals surface area contributed by atoms with Crippen LogP contribution in [0.3, 0.4) is 0 Å². The highest BCUT2D eigenvalue weighted by atomic mass is 79.9. The van der Waals surface area contributed by atoms with Crippen molar-refractivity contribution in [3.8, 4) is 11.3 Å². The molecule has 0 bridgehead atoms. The van der Waals surface area contributed by atoms with Crippen molar-refractivity contribution in [2.75, 3.05) is 0 Å². The summed E-state index contributed by atoms with van der Waals surface area (Å²) in [5, 5.41) is 7.16. The summed E-state index contributed by atoms with van der Waals surface area (Å²) in [6.45, 7) is 0. The number of rotatable bonds is 1. The molecule has 0 amide bonds. The van der Waals surface area contributed by atoms with E-state index in [0.717, 1.165) is 5.56 Å². The monoisotopic (exact) mass is 294 g/mol. The zero-order valence-electron chi connectivity index (χ0n) is 8.26. The summed E-state index contributed by atoms with van der Waals surface area (Å²) in [6.07, 6.45) is 1.53. The minimum absolute atomic E-state index is 0.322. The lowest BCUT2D eigenvalue weighted by molar-refractivity contribution is 0.314. The third-order valence-corrected chi connectivity index (χ3v) is 2.81. The average Bonchev–Trinajstić information content (AvgIpc) is 2.79. The van der Waals surface area contributed by atoms with E-state index in [-0.39, 0.29) is 5.82 Å². The van der Waals surface area contributed by atoms with Gasteiger partial charge < -0.3 is 0 Å². The zero-order chi connectivity index (χ0) is 11.8. The van der Waals surface area contributed by atoms with Crippen molar-refractivity contribution >= 4 is 27.2 Å². The number of nitrogens with zero attached hydrogens (tertiary/aromatic N) is 4. The van der Waals surface area contributed by atoms with Crippen molar-refractivity contribution in [1.29, 1.82) is 0 Å². The fourth-order valence-corrected chi connectivity index (χ4v) is 1.77. The van der Waals surface area contributed by atoms with Crippen LogP contribution < -0.4 is 0 Å². The van der Waals surface area contributed by atoms with Crippen molar-refractivity contribution in [1.82, 2.24) is 20.3 Å². The Morgan fingerprint density at radius 1 is 1.18 bits per heavy atom. The molecule has 84 valence electrons. The van der Waals surface area contributed by atoms with Crippen LogP contribution in [0, 0.1) is 5.82 Å². The molecule has 5 nitrogen and oxygen atoms in total. The fourth-order valence-electron chi connectivity index (χ4n) is 1.39. The molecule has 0 N–H and O–H groups in total. The van der Waals surface area contributed by atoms with Crippen molar-refractivity contribution < 1.29 is 9.02 Å². The average molecular weight is 295 g/mol. The molecule has 0 aliphatic rings. The smallest absolute Gasteiger partial charge is 0.240 e. The Labute approximate surface area is 103 Å². The van der Waals surface area contributed by atoms with Crippen LogP contribution in [0.1, 0.15) is 0 Å². The van der Waals surface area contributed by atoms with E-state index >= 15 is 0 Å². The number of benzene rings is 1. The summed E-state index contributed by atoms with van der Waals surface area (Å²) in [5.41, 5.74) is 1.97. The predicted molar refractivity (Wildman–Crippen MR) is 60.5 cm³/mol. The molecule has 0 fully saturated rings. The number of fused-ring (bicyclic) bond motifs is 1. The van der Waals surface area contributed by atoms with Gasteiger partial charge in [-0.3, -0.25) is 0 Å². The number of hydrogen-bond acceptors (Lipinski definition) is 5. The first-order valence-electron chi connectivity index (χ1n) is 4.65. The Morgan fingerprint density at radius 3 is 2.82 bits per heavy atom. The summed E-state index contributed by atoms with van der Waals surface area (Å²) in [6, 6.07) is 4.59. The minimum atomic E-state index is -0.328. The van der Waals surface area contributed by atoms with Crippen molar-refractivity contribution in [3.05, 3.63) is 34.7 Å². The molecule has 7 heteroatoms. The summed E-state index contributed by atoms with van der Waals surface area (Å²) in [5.74, 6) is -0.328. The highest BCUT2D eigenvalue weighted by molar-refractivity contribution is 9.10. The third-order valence-electron chi connectivity index (χ3n) is 2.21. The lowest BCUT2D eigenvalue weighted by Crippen LogP contribution is -1.88. The standard InChI is InChI=1S/C10H4BrFN4O/c11-6-3-5(1-2-7(6)12)8-4-13-9-10(14-8)16-17-15-9/h1-4H. The van der Waals surface area contributed by atoms with E-state index in [2.05, 4.69) is 40.8 Å². The van der Waals surface area contributed by atoms with Gasteiger partial charge in [-0.15, -0.1) is 0 Å². The highest BCUT2D eigenvalue weighted by Crippen LogP contribution is 2.24. The first kappa shape index (κ1) is 10.3. The Balaban J connectivity index is 2.16. The molecule has 0 atom stereocenters. The topological polar surface area (TPSA) is 64.7 Å². The molecule has 0 spiro atoms. The summed E-state index contributed by atoms with van der Waals surface area (Å²) < 4.78 is 18.0. The zero-order valence-corrected chi connectivity index (χ0v) is 9.85. The summed E-state index contributed by atoms with van der Waals surface area (Å²) >= 11 is 3.12. The largest absolute Gasteiger partial charge is 0.243 e. The van der Waals surface area contributed by atoms with E-state index in [0.29, 0.717) is 21.5 Å². The maximum atomic E-state index is 13.1. The van der Waals surface area contributed by atoms with Crippen LogP contribution >= 0.6 is 15.9 Å². The number of aromatic nitrogens is 4. The maximum Gasteiger partial charge on any atom is 0.243 e. The molecule has 0 unspecified atom stereocenters. The van der Waals surface area contributed by atoms with Gasteiger partial charge in [-0.05, 0) is 44.4 Å². The fraction of sp³-hybridized carbons (Fsp3) is 0. The van der Waals surface area contributed by atoms with Crippen molar-refractivity contribution in [2.45, 2.75) is 0 Å². The van der Waals surface area contributed by atoms with E-state index < -0.39 is 0 Å². The molecule has 3 aromatic rings. The van der Waals surface area contributed by atoms with Crippen LogP contribution in [-0.2, 0) is 0 Å². The molecule has 0 saturated heterocycles. The van der Waals surface area contributed by atoms with Crippen LogP contribution in [0.5, 0.6) is 0 Å². The molecule has 2 aromatic heterocycles. The predicted octanol–water partition coefficient (Wildman–Crippen LogP) is 2.58. The van der Waals surface area contributed by atoms with Gasteiger partial charge in [0.1, 0.15) is 5.82 Å². The lowest BCUT2D eigenvalue weighted by atomic mass is 10.1. The van der Waals surface area contributed by atoms with Crippen molar-refractivity contribution in [2.24, 2.45) is 0 Å². The quantitative estimate of drug-likeness (QED) is 0.690. The molecule has 1 aromatic carbocycles. The summed E-state index contributed by atoms with van der Waals surface area (Å²) in [7, 11) is 0. The minimum Gasteiger partial charge on any atom is -0.240 e. The van der Waals surface area contributed by atoms with E-state index in [1.165, 1.54) is 12.3 Å². The number of hydrogen-bond donors (Lipinski definition) is 0. The molecule has 0 aliphatic carbocycles. The first-order valence-corrected chi connectivity index (χ1v) is 5.44. The number of halogens is 2. The third kappa shape index (κ3) is 1.78. The SMILES string of the molecule is Fc1ccc(-c2cnc3nonc3n2)cc1Br. The van der Waals surface area contributed by atoms with E-state index in [1.807, 2.05) is 0 Å². The van der Waals surface area contributed by atoms with Gasteiger partial charge in [-0.25, -0.2) is 19.0 Å². The molecular formula is C10H4BrFN4O. The van der Waals surface area contributed by atoms with E-state index in [4.69, 9.17) is 0 Å². The molecule has 17 heavy (non-hydrogen) atoms. The van der Waals surface area contributed by atoms with Crippen LogP contribution in [0.25, 0.3) is 22.6 Å². The molecule has 0 aliphatic heterocycles. The van der Waals surface area contributed by atoms with Gasteiger partial charge in [-0.1, -0.05) is 0 Å². The Morgan fingerprint density at radius 2 is 2.00 bits per heavy atom. The lowest BCUT2D eigenvalue weighted by Gasteiger charge is -2.00. The summed E-state index contributed by atoms with van der Waals surface area (Å²) in [4.78, 5) is 8.23. The second-order valence-corrected chi connectivity index (χ2v) is 4.15. The van der Waals surface area contributed by atoms with Gasteiger partial charge in [-0.2, -0.15) is 0 Å². The molecular weight excluding hydrogens is 291 g/mol. The molecule has 0 saturated carbocycles. The van der Waals surface area contributed by atoms with Gasteiger partial charge in [0.2, 0.25) is 11.3 Å². The van der Waals surface area contributed by atoms with Gasteiger partial charge in [0.15, 0.2) is 0 Å². The highest BCUT2D eigenvalue weighted by Gasteiger charge is 2.08. The van der Waals surface area contributed by atoms with Crippen molar-refractivity contribution in [3.63, 3.8) is 0 Å². The van der Waals surface area contributed by atoms with Gasteiger partial charge in [0.05, 0.1) is 16.4 Å². The second kappa shape index (κ2) is 3.85. The molecule has 3 rings (SSSR count). The normalized spacial score (nSPS) is 10.9. The van der Waals surface area contributed by atoms with Crippen LogP contribution in [0.2, 0.25) is 0 Å². The Hall–Kier alpha value is -1.89.